The minimum absolute atomic E-state index is 0.280. The Bertz CT molecular complexity index is 323. The van der Waals surface area contributed by atoms with E-state index in [-0.39, 0.29) is 4.75 Å². The summed E-state index contributed by atoms with van der Waals surface area (Å²) in [6.07, 6.45) is 4.22. The third-order valence-electron chi connectivity index (χ3n) is 2.50. The van der Waals surface area contributed by atoms with Crippen molar-refractivity contribution in [1.82, 2.24) is 4.72 Å². The number of carbonyl (C=O) groups excluding carboxylic acids is 1. The Hall–Kier alpha value is -1.22. The van der Waals surface area contributed by atoms with Gasteiger partial charge >= 0.3 is 0 Å². The summed E-state index contributed by atoms with van der Waals surface area (Å²) in [5.41, 5.74) is 1.35. The van der Waals surface area contributed by atoms with Crippen LogP contribution in [-0.2, 0) is 11.2 Å². The maximum Gasteiger partial charge on any atom is 0.216 e. The van der Waals surface area contributed by atoms with Gasteiger partial charge in [0.05, 0.1) is 0 Å². The van der Waals surface area contributed by atoms with E-state index >= 15 is 0 Å². The van der Waals surface area contributed by atoms with Gasteiger partial charge in [0.15, 0.2) is 0 Å². The second-order valence-electron chi connectivity index (χ2n) is 3.68. The van der Waals surface area contributed by atoms with Crippen molar-refractivity contribution < 1.29 is 4.79 Å². The van der Waals surface area contributed by atoms with Gasteiger partial charge < -0.3 is 4.72 Å². The number of carbonyl (C=O) groups is 1. The smallest absolute Gasteiger partial charge is 0.216 e. The highest BCUT2D eigenvalue weighted by Crippen LogP contribution is 2.49. The summed E-state index contributed by atoms with van der Waals surface area (Å²) in [5.74, 6) is 0. The van der Waals surface area contributed by atoms with Crippen LogP contribution >= 0.6 is 11.9 Å². The molecule has 1 amide bonds. The predicted molar refractivity (Wildman–Crippen MR) is 81.5 cm³/mol. The van der Waals surface area contributed by atoms with Gasteiger partial charge in [0.25, 0.3) is 0 Å². The molecule has 1 fully saturated rings. The van der Waals surface area contributed by atoms with Crippen LogP contribution in [0.15, 0.2) is 43.5 Å². The molecule has 3 heteroatoms. The van der Waals surface area contributed by atoms with E-state index in [4.69, 9.17) is 0 Å². The molecule has 0 unspecified atom stereocenters. The van der Waals surface area contributed by atoms with E-state index in [0.29, 0.717) is 0 Å². The molecule has 0 atom stereocenters. The van der Waals surface area contributed by atoms with Crippen molar-refractivity contribution >= 4 is 18.4 Å². The number of hydrogen-bond donors (Lipinski definition) is 1. The molecular formula is C15H23NOS. The molecule has 0 aromatic heterocycles. The van der Waals surface area contributed by atoms with Crippen molar-refractivity contribution in [3.05, 3.63) is 49.1 Å². The van der Waals surface area contributed by atoms with Crippen molar-refractivity contribution in [2.75, 3.05) is 0 Å². The van der Waals surface area contributed by atoms with Gasteiger partial charge in [0.1, 0.15) is 0 Å². The molecule has 0 heterocycles. The predicted octanol–water partition coefficient (Wildman–Crippen LogP) is 3.98. The van der Waals surface area contributed by atoms with Gasteiger partial charge in [-0.1, -0.05) is 44.2 Å². The fourth-order valence-electron chi connectivity index (χ4n) is 1.57. The number of benzene rings is 1. The largest absolute Gasteiger partial charge is 0.302 e. The van der Waals surface area contributed by atoms with Gasteiger partial charge in [-0.2, -0.15) is 0 Å². The van der Waals surface area contributed by atoms with E-state index in [1.165, 1.54) is 18.4 Å². The Balaban J connectivity index is 0.000000659. The summed E-state index contributed by atoms with van der Waals surface area (Å²) < 4.78 is 2.99. The lowest BCUT2D eigenvalue weighted by molar-refractivity contribution is -0.107. The van der Waals surface area contributed by atoms with Crippen molar-refractivity contribution in [2.45, 2.75) is 37.9 Å². The lowest BCUT2D eigenvalue weighted by Gasteiger charge is -2.12. The molecule has 18 heavy (non-hydrogen) atoms. The van der Waals surface area contributed by atoms with Crippen LogP contribution in [0.5, 0.6) is 0 Å². The van der Waals surface area contributed by atoms with Crippen LogP contribution in [0.4, 0.5) is 0 Å². The topological polar surface area (TPSA) is 29.1 Å². The highest BCUT2D eigenvalue weighted by molar-refractivity contribution is 7.99. The molecule has 1 aromatic carbocycles. The Morgan fingerprint density at radius 2 is 1.83 bits per heavy atom. The quantitative estimate of drug-likeness (QED) is 0.495. The number of amides is 1. The molecule has 0 saturated heterocycles. The molecule has 1 aliphatic carbocycles. The zero-order valence-corrected chi connectivity index (χ0v) is 12.1. The fraction of sp³-hybridized carbons (Fsp3) is 0.400. The second kappa shape index (κ2) is 9.77. The van der Waals surface area contributed by atoms with Crippen LogP contribution in [0, 0.1) is 0 Å². The second-order valence-corrected chi connectivity index (χ2v) is 4.99. The van der Waals surface area contributed by atoms with E-state index in [0.717, 1.165) is 12.8 Å². The van der Waals surface area contributed by atoms with Crippen LogP contribution in [0.1, 0.15) is 32.3 Å². The Morgan fingerprint density at radius 1 is 1.28 bits per heavy atom. The minimum atomic E-state index is 0.280. The van der Waals surface area contributed by atoms with Crippen molar-refractivity contribution in [3.8, 4) is 0 Å². The molecule has 2 nitrogen and oxygen atoms in total. The van der Waals surface area contributed by atoms with Crippen LogP contribution < -0.4 is 4.72 Å². The van der Waals surface area contributed by atoms with Gasteiger partial charge in [-0.25, -0.2) is 0 Å². The van der Waals surface area contributed by atoms with Gasteiger partial charge in [-0.3, -0.25) is 4.79 Å². The lowest BCUT2D eigenvalue weighted by Crippen LogP contribution is -2.14. The molecular weight excluding hydrogens is 242 g/mol. The van der Waals surface area contributed by atoms with E-state index in [9.17, 15) is 4.79 Å². The average Bonchev–Trinajstić information content (AvgIpc) is 3.22. The van der Waals surface area contributed by atoms with Gasteiger partial charge in [0, 0.05) is 4.75 Å². The summed E-state index contributed by atoms with van der Waals surface area (Å²) in [6.45, 7) is 10.0. The summed E-state index contributed by atoms with van der Waals surface area (Å²) in [4.78, 5) is 10.2. The first-order valence-corrected chi connectivity index (χ1v) is 7.07. The van der Waals surface area contributed by atoms with Crippen molar-refractivity contribution in [1.29, 1.82) is 0 Å². The zero-order chi connectivity index (χ0) is 13.9. The zero-order valence-electron chi connectivity index (χ0n) is 11.3. The fourth-order valence-corrected chi connectivity index (χ4v) is 2.41. The van der Waals surface area contributed by atoms with Gasteiger partial charge in [0.2, 0.25) is 6.41 Å². The summed E-state index contributed by atoms with van der Waals surface area (Å²) in [5, 5.41) is 0. The van der Waals surface area contributed by atoms with Crippen molar-refractivity contribution in [2.24, 2.45) is 0 Å². The van der Waals surface area contributed by atoms with Crippen LogP contribution in [-0.4, -0.2) is 11.2 Å². The Labute approximate surface area is 115 Å². The first kappa shape index (κ1) is 16.8. The molecule has 1 saturated carbocycles. The standard InChI is InChI=1S/C11H13NOS.C2H6.C2H4/c13-9-12-14-11(6-7-11)8-10-4-2-1-3-5-10;2*1-2/h1-5,9H,6-8H2,(H,12,13);1-2H3;1-2H2. The lowest BCUT2D eigenvalue weighted by atomic mass is 10.1. The molecule has 0 spiro atoms. The normalized spacial score (nSPS) is 14.1. The number of hydrogen-bond acceptors (Lipinski definition) is 2. The molecule has 0 aliphatic heterocycles. The van der Waals surface area contributed by atoms with Crippen LogP contribution in [0.25, 0.3) is 0 Å². The summed E-state index contributed by atoms with van der Waals surface area (Å²) in [6, 6.07) is 10.4. The third-order valence-corrected chi connectivity index (χ3v) is 3.70. The Morgan fingerprint density at radius 3 is 2.28 bits per heavy atom. The van der Waals surface area contributed by atoms with Crippen LogP contribution in [0.2, 0.25) is 0 Å². The minimum Gasteiger partial charge on any atom is -0.302 e. The van der Waals surface area contributed by atoms with Crippen molar-refractivity contribution in [3.63, 3.8) is 0 Å². The molecule has 0 radical (unpaired) electrons. The van der Waals surface area contributed by atoms with Crippen LogP contribution in [0.3, 0.4) is 0 Å². The average molecular weight is 265 g/mol. The monoisotopic (exact) mass is 265 g/mol. The molecule has 100 valence electrons. The van der Waals surface area contributed by atoms with Gasteiger partial charge in [-0.15, -0.1) is 13.2 Å². The SMILES string of the molecule is C=C.CC.O=CNSC1(Cc2ccccc2)CC1. The molecule has 1 aromatic rings. The van der Waals surface area contributed by atoms with Gasteiger partial charge in [-0.05, 0) is 36.8 Å². The highest BCUT2D eigenvalue weighted by Gasteiger charge is 2.43. The van der Waals surface area contributed by atoms with E-state index in [1.807, 2.05) is 19.9 Å². The molecule has 1 aliphatic rings. The molecule has 2 rings (SSSR count). The number of nitrogens with one attached hydrogen (secondary N) is 1. The molecule has 0 bridgehead atoms. The van der Waals surface area contributed by atoms with E-state index in [2.05, 4.69) is 42.1 Å². The first-order valence-electron chi connectivity index (χ1n) is 6.26. The summed E-state index contributed by atoms with van der Waals surface area (Å²) >= 11 is 1.57. The molecule has 1 N–H and O–H groups in total. The first-order chi connectivity index (χ1) is 8.85. The maximum atomic E-state index is 10.2. The van der Waals surface area contributed by atoms with E-state index in [1.54, 1.807) is 11.9 Å². The van der Waals surface area contributed by atoms with E-state index < -0.39 is 0 Å². The highest BCUT2D eigenvalue weighted by atomic mass is 32.2. The maximum absolute atomic E-state index is 10.2. The summed E-state index contributed by atoms with van der Waals surface area (Å²) in [7, 11) is 0. The third kappa shape index (κ3) is 5.92. The Kier molecular flexibility index (Phi) is 9.11. The number of rotatable bonds is 5.